The molecular formula is C12H10BrFN2O2S. The van der Waals surface area contributed by atoms with Gasteiger partial charge in [0.05, 0.1) is 4.88 Å². The Morgan fingerprint density at radius 3 is 3.00 bits per heavy atom. The van der Waals surface area contributed by atoms with Gasteiger partial charge in [-0.3, -0.25) is 10.2 Å². The fraction of sp³-hybridized carbons (Fsp3) is 0.0833. The van der Waals surface area contributed by atoms with Crippen LogP contribution >= 0.6 is 27.3 Å². The molecule has 1 aromatic heterocycles. The van der Waals surface area contributed by atoms with E-state index in [-0.39, 0.29) is 18.3 Å². The van der Waals surface area contributed by atoms with Crippen LogP contribution in [0.2, 0.25) is 0 Å². The first-order valence-corrected chi connectivity index (χ1v) is 6.94. The van der Waals surface area contributed by atoms with Crippen LogP contribution in [-0.2, 0) is 6.61 Å². The molecule has 19 heavy (non-hydrogen) atoms. The molecule has 0 saturated heterocycles. The van der Waals surface area contributed by atoms with Crippen molar-refractivity contribution in [1.29, 1.82) is 0 Å². The molecule has 2 rings (SSSR count). The van der Waals surface area contributed by atoms with Crippen molar-refractivity contribution in [3.05, 3.63) is 50.4 Å². The van der Waals surface area contributed by atoms with E-state index in [9.17, 15) is 9.18 Å². The lowest BCUT2D eigenvalue weighted by Gasteiger charge is -2.08. The van der Waals surface area contributed by atoms with Crippen molar-refractivity contribution in [1.82, 2.24) is 5.43 Å². The van der Waals surface area contributed by atoms with Crippen LogP contribution in [0.5, 0.6) is 5.75 Å². The average Bonchev–Trinajstić information content (AvgIpc) is 2.87. The SMILES string of the molecule is NNC(=O)c1sccc1COc1cc(Br)ccc1F. The summed E-state index contributed by atoms with van der Waals surface area (Å²) in [6, 6.07) is 6.16. The summed E-state index contributed by atoms with van der Waals surface area (Å²) in [5.41, 5.74) is 2.72. The zero-order valence-electron chi connectivity index (χ0n) is 9.65. The number of benzene rings is 1. The van der Waals surface area contributed by atoms with Crippen molar-refractivity contribution in [3.63, 3.8) is 0 Å². The van der Waals surface area contributed by atoms with Crippen molar-refractivity contribution < 1.29 is 13.9 Å². The first-order chi connectivity index (χ1) is 9.11. The van der Waals surface area contributed by atoms with Gasteiger partial charge < -0.3 is 4.74 Å². The highest BCUT2D eigenvalue weighted by molar-refractivity contribution is 9.10. The Labute approximate surface area is 121 Å². The number of hydrogen-bond acceptors (Lipinski definition) is 4. The maximum atomic E-state index is 13.5. The third-order valence-corrected chi connectivity index (χ3v) is 3.81. The summed E-state index contributed by atoms with van der Waals surface area (Å²) in [7, 11) is 0. The van der Waals surface area contributed by atoms with E-state index in [0.29, 0.717) is 14.9 Å². The summed E-state index contributed by atoms with van der Waals surface area (Å²) in [4.78, 5) is 11.9. The van der Waals surface area contributed by atoms with Crippen LogP contribution in [-0.4, -0.2) is 5.91 Å². The van der Waals surface area contributed by atoms with Crippen LogP contribution in [0.15, 0.2) is 34.1 Å². The van der Waals surface area contributed by atoms with Crippen LogP contribution in [0.25, 0.3) is 0 Å². The summed E-state index contributed by atoms with van der Waals surface area (Å²) in [5, 5.41) is 1.75. The van der Waals surface area contributed by atoms with Crippen LogP contribution in [0.1, 0.15) is 15.2 Å². The zero-order chi connectivity index (χ0) is 13.8. The number of ether oxygens (including phenoxy) is 1. The number of rotatable bonds is 4. The highest BCUT2D eigenvalue weighted by Crippen LogP contribution is 2.24. The van der Waals surface area contributed by atoms with E-state index in [1.807, 2.05) is 0 Å². The molecule has 0 atom stereocenters. The van der Waals surface area contributed by atoms with Gasteiger partial charge in [-0.1, -0.05) is 15.9 Å². The molecule has 0 aliphatic carbocycles. The van der Waals surface area contributed by atoms with Crippen molar-refractivity contribution in [2.45, 2.75) is 6.61 Å². The third-order valence-electron chi connectivity index (χ3n) is 2.36. The second kappa shape index (κ2) is 6.14. The summed E-state index contributed by atoms with van der Waals surface area (Å²) in [5.74, 6) is 4.37. The van der Waals surface area contributed by atoms with Gasteiger partial charge in [-0.15, -0.1) is 11.3 Å². The first-order valence-electron chi connectivity index (χ1n) is 5.27. The molecule has 0 unspecified atom stereocenters. The van der Waals surface area contributed by atoms with Gasteiger partial charge in [0.1, 0.15) is 6.61 Å². The number of hydrogen-bond donors (Lipinski definition) is 2. The van der Waals surface area contributed by atoms with Gasteiger partial charge in [-0.05, 0) is 29.6 Å². The average molecular weight is 345 g/mol. The molecule has 3 N–H and O–H groups in total. The second-order valence-corrected chi connectivity index (χ2v) is 5.44. The number of hydrazine groups is 1. The Balaban J connectivity index is 2.13. The Bertz CT molecular complexity index is 603. The Kier molecular flexibility index (Phi) is 4.52. The monoisotopic (exact) mass is 344 g/mol. The lowest BCUT2D eigenvalue weighted by molar-refractivity contribution is 0.0955. The van der Waals surface area contributed by atoms with E-state index in [1.54, 1.807) is 17.5 Å². The highest BCUT2D eigenvalue weighted by Gasteiger charge is 2.13. The molecule has 4 nitrogen and oxygen atoms in total. The van der Waals surface area contributed by atoms with E-state index >= 15 is 0 Å². The summed E-state index contributed by atoms with van der Waals surface area (Å²) in [6.45, 7) is 0.0969. The number of thiophene rings is 1. The number of nitrogens with two attached hydrogens (primary N) is 1. The van der Waals surface area contributed by atoms with Crippen LogP contribution < -0.4 is 16.0 Å². The molecule has 0 fully saturated rings. The lowest BCUT2D eigenvalue weighted by Crippen LogP contribution is -2.30. The van der Waals surface area contributed by atoms with Crippen LogP contribution in [0, 0.1) is 5.82 Å². The topological polar surface area (TPSA) is 64.3 Å². The standard InChI is InChI=1S/C12H10BrFN2O2S/c13-8-1-2-9(14)10(5-8)18-6-7-3-4-19-11(7)12(17)16-15/h1-5H,6,15H2,(H,16,17). The molecule has 0 aliphatic heterocycles. The smallest absolute Gasteiger partial charge is 0.275 e. The van der Waals surface area contributed by atoms with Crippen molar-refractivity contribution in [3.8, 4) is 5.75 Å². The lowest BCUT2D eigenvalue weighted by atomic mass is 10.2. The maximum absolute atomic E-state index is 13.5. The number of amides is 1. The van der Waals surface area contributed by atoms with Crippen LogP contribution in [0.4, 0.5) is 4.39 Å². The van der Waals surface area contributed by atoms with Crippen LogP contribution in [0.3, 0.4) is 0 Å². The van der Waals surface area contributed by atoms with E-state index in [1.165, 1.54) is 23.5 Å². The third kappa shape index (κ3) is 3.31. The molecule has 1 amide bonds. The minimum atomic E-state index is -0.455. The fourth-order valence-corrected chi connectivity index (χ4v) is 2.61. The zero-order valence-corrected chi connectivity index (χ0v) is 12.1. The first kappa shape index (κ1) is 14.0. The summed E-state index contributed by atoms with van der Waals surface area (Å²) < 4.78 is 19.6. The minimum absolute atomic E-state index is 0.0969. The number of carbonyl (C=O) groups excluding carboxylic acids is 1. The van der Waals surface area contributed by atoms with E-state index in [0.717, 1.165) is 0 Å². The quantitative estimate of drug-likeness (QED) is 0.509. The molecule has 7 heteroatoms. The summed E-state index contributed by atoms with van der Waals surface area (Å²) >= 11 is 4.49. The fourth-order valence-electron chi connectivity index (χ4n) is 1.46. The van der Waals surface area contributed by atoms with Crippen molar-refractivity contribution in [2.24, 2.45) is 5.84 Å². The van der Waals surface area contributed by atoms with Gasteiger partial charge in [0.25, 0.3) is 5.91 Å². The Morgan fingerprint density at radius 2 is 2.26 bits per heavy atom. The minimum Gasteiger partial charge on any atom is -0.486 e. The van der Waals surface area contributed by atoms with Gasteiger partial charge >= 0.3 is 0 Å². The molecule has 100 valence electrons. The van der Waals surface area contributed by atoms with Gasteiger partial charge in [0, 0.05) is 10.0 Å². The van der Waals surface area contributed by atoms with Gasteiger partial charge in [-0.25, -0.2) is 10.2 Å². The highest BCUT2D eigenvalue weighted by atomic mass is 79.9. The Hall–Kier alpha value is -1.44. The van der Waals surface area contributed by atoms with E-state index < -0.39 is 5.82 Å². The molecular weight excluding hydrogens is 335 g/mol. The second-order valence-electron chi connectivity index (χ2n) is 3.61. The molecule has 0 radical (unpaired) electrons. The number of nitrogens with one attached hydrogen (secondary N) is 1. The molecule has 0 saturated carbocycles. The molecule has 0 bridgehead atoms. The number of halogens is 2. The largest absolute Gasteiger partial charge is 0.486 e. The Morgan fingerprint density at radius 1 is 1.47 bits per heavy atom. The maximum Gasteiger partial charge on any atom is 0.275 e. The number of nitrogen functional groups attached to an aromatic ring is 1. The van der Waals surface area contributed by atoms with E-state index in [4.69, 9.17) is 10.6 Å². The molecule has 1 aromatic carbocycles. The van der Waals surface area contributed by atoms with Crippen molar-refractivity contribution in [2.75, 3.05) is 0 Å². The predicted octanol–water partition coefficient (Wildman–Crippen LogP) is 2.83. The van der Waals surface area contributed by atoms with E-state index in [2.05, 4.69) is 21.4 Å². The summed E-state index contributed by atoms with van der Waals surface area (Å²) in [6.07, 6.45) is 0. The molecule has 0 spiro atoms. The molecule has 2 aromatic rings. The van der Waals surface area contributed by atoms with Gasteiger partial charge in [-0.2, -0.15) is 0 Å². The van der Waals surface area contributed by atoms with Crippen molar-refractivity contribution >= 4 is 33.2 Å². The number of carbonyl (C=O) groups is 1. The van der Waals surface area contributed by atoms with Gasteiger partial charge in [0.15, 0.2) is 11.6 Å². The molecule has 1 heterocycles. The van der Waals surface area contributed by atoms with Gasteiger partial charge in [0.2, 0.25) is 0 Å². The predicted molar refractivity (Wildman–Crippen MR) is 74.4 cm³/mol. The normalized spacial score (nSPS) is 10.3. The molecule has 0 aliphatic rings.